The summed E-state index contributed by atoms with van der Waals surface area (Å²) in [4.78, 5) is 8.60. The maximum Gasteiger partial charge on any atom is 0.417 e. The molecule has 0 spiro atoms. The van der Waals surface area contributed by atoms with Crippen molar-refractivity contribution >= 4 is 28.9 Å². The molecule has 0 fully saturated rings. The van der Waals surface area contributed by atoms with E-state index in [1.807, 2.05) is 0 Å². The topological polar surface area (TPSA) is 47.6 Å². The lowest BCUT2D eigenvalue weighted by molar-refractivity contribution is -0.137. The van der Waals surface area contributed by atoms with Crippen molar-refractivity contribution in [2.75, 3.05) is 0 Å². The smallest absolute Gasteiger partial charge is 0.417 e. The summed E-state index contributed by atoms with van der Waals surface area (Å²) < 4.78 is 43.5. The summed E-state index contributed by atoms with van der Waals surface area (Å²) in [5, 5.41) is 4.12. The normalized spacial score (nSPS) is 12.3. The van der Waals surface area contributed by atoms with Crippen molar-refractivity contribution in [2.24, 2.45) is 5.16 Å². The summed E-state index contributed by atoms with van der Waals surface area (Å²) in [6, 6.07) is 11.2. The van der Waals surface area contributed by atoms with Gasteiger partial charge in [0, 0.05) is 16.8 Å². The molecule has 0 atom stereocenters. The third kappa shape index (κ3) is 4.61. The lowest BCUT2D eigenvalue weighted by atomic mass is 10.2. The number of halogens is 5. The zero-order valence-corrected chi connectivity index (χ0v) is 15.2. The number of oxime groups is 1. The Morgan fingerprint density at radius 3 is 2.44 bits per heavy atom. The van der Waals surface area contributed by atoms with Crippen LogP contribution < -0.4 is 4.84 Å². The van der Waals surface area contributed by atoms with Crippen LogP contribution in [0.15, 0.2) is 58.2 Å². The summed E-state index contributed by atoms with van der Waals surface area (Å²) in [7, 11) is 0. The van der Waals surface area contributed by atoms with Gasteiger partial charge >= 0.3 is 6.18 Å². The predicted octanol–water partition coefficient (Wildman–Crippen LogP) is 6.47. The van der Waals surface area contributed by atoms with Crippen LogP contribution in [-0.4, -0.2) is 10.7 Å². The fourth-order valence-corrected chi connectivity index (χ4v) is 2.43. The molecule has 0 aliphatic rings. The van der Waals surface area contributed by atoms with Gasteiger partial charge in [0.15, 0.2) is 5.76 Å². The predicted molar refractivity (Wildman–Crippen MR) is 96.2 cm³/mol. The molecule has 3 aromatic rings. The van der Waals surface area contributed by atoms with Crippen LogP contribution in [0, 0.1) is 0 Å². The number of hydrogen-bond donors (Lipinski definition) is 0. The molecule has 2 aromatic heterocycles. The highest BCUT2D eigenvalue weighted by Crippen LogP contribution is 2.33. The van der Waals surface area contributed by atoms with Crippen LogP contribution in [0.2, 0.25) is 10.0 Å². The molecule has 0 bridgehead atoms. The van der Waals surface area contributed by atoms with Crippen molar-refractivity contribution in [2.45, 2.75) is 13.1 Å². The second-order valence-corrected chi connectivity index (χ2v) is 6.29. The Morgan fingerprint density at radius 2 is 1.81 bits per heavy atom. The first-order valence-electron chi connectivity index (χ1n) is 7.54. The fraction of sp³-hybridized carbons (Fsp3) is 0.111. The largest absolute Gasteiger partial charge is 0.455 e. The molecule has 140 valence electrons. The Kier molecular flexibility index (Phi) is 5.43. The second-order valence-electron chi connectivity index (χ2n) is 5.45. The van der Waals surface area contributed by atoms with E-state index < -0.39 is 11.7 Å². The van der Waals surface area contributed by atoms with Crippen LogP contribution in [0.3, 0.4) is 0 Å². The van der Waals surface area contributed by atoms with Gasteiger partial charge in [0.05, 0.1) is 5.56 Å². The fourth-order valence-electron chi connectivity index (χ4n) is 2.11. The molecule has 0 aliphatic carbocycles. The third-order valence-electron chi connectivity index (χ3n) is 3.50. The van der Waals surface area contributed by atoms with Crippen LogP contribution >= 0.6 is 23.2 Å². The van der Waals surface area contributed by atoms with E-state index in [-0.39, 0.29) is 10.9 Å². The van der Waals surface area contributed by atoms with Gasteiger partial charge in [-0.05, 0) is 49.4 Å². The molecule has 0 unspecified atom stereocenters. The number of benzene rings is 1. The average molecular weight is 415 g/mol. The monoisotopic (exact) mass is 414 g/mol. The van der Waals surface area contributed by atoms with Crippen LogP contribution in [-0.2, 0) is 6.18 Å². The number of nitrogens with zero attached hydrogens (tertiary/aromatic N) is 2. The molecule has 0 radical (unpaired) electrons. The van der Waals surface area contributed by atoms with E-state index in [4.69, 9.17) is 32.5 Å². The SMILES string of the molecule is CC(=NOc1ncc(C(F)(F)F)cc1Cl)c1ccc(-c2ccc(Cl)cc2)o1. The maximum atomic E-state index is 12.6. The zero-order valence-electron chi connectivity index (χ0n) is 13.7. The highest BCUT2D eigenvalue weighted by Gasteiger charge is 2.31. The first-order chi connectivity index (χ1) is 12.7. The van der Waals surface area contributed by atoms with E-state index in [1.54, 1.807) is 43.3 Å². The second kappa shape index (κ2) is 7.62. The van der Waals surface area contributed by atoms with Crippen LogP contribution in [0.1, 0.15) is 18.2 Å². The molecule has 0 N–H and O–H groups in total. The van der Waals surface area contributed by atoms with Gasteiger partial charge in [0.1, 0.15) is 16.5 Å². The van der Waals surface area contributed by atoms with E-state index in [9.17, 15) is 13.2 Å². The van der Waals surface area contributed by atoms with Crippen LogP contribution in [0.25, 0.3) is 11.3 Å². The highest BCUT2D eigenvalue weighted by molar-refractivity contribution is 6.31. The minimum absolute atomic E-state index is 0.242. The van der Waals surface area contributed by atoms with E-state index in [2.05, 4.69) is 10.1 Å². The Hall–Kier alpha value is -2.51. The Bertz CT molecular complexity index is 983. The van der Waals surface area contributed by atoms with Crippen LogP contribution in [0.5, 0.6) is 5.88 Å². The van der Waals surface area contributed by atoms with Crippen molar-refractivity contribution in [1.29, 1.82) is 0 Å². The number of alkyl halides is 3. The van der Waals surface area contributed by atoms with Gasteiger partial charge in [0.2, 0.25) is 0 Å². The van der Waals surface area contributed by atoms with Gasteiger partial charge in [-0.1, -0.05) is 28.4 Å². The molecular weight excluding hydrogens is 404 g/mol. The molecule has 4 nitrogen and oxygen atoms in total. The van der Waals surface area contributed by atoms with E-state index in [0.717, 1.165) is 11.6 Å². The van der Waals surface area contributed by atoms with Crippen molar-refractivity contribution in [3.63, 3.8) is 0 Å². The Labute approximate surface area is 162 Å². The van der Waals surface area contributed by atoms with E-state index >= 15 is 0 Å². The van der Waals surface area contributed by atoms with Gasteiger partial charge in [-0.2, -0.15) is 13.2 Å². The van der Waals surface area contributed by atoms with Crippen molar-refractivity contribution in [1.82, 2.24) is 4.98 Å². The van der Waals surface area contributed by atoms with Gasteiger partial charge in [-0.25, -0.2) is 4.98 Å². The first-order valence-corrected chi connectivity index (χ1v) is 8.30. The van der Waals surface area contributed by atoms with Crippen LogP contribution in [0.4, 0.5) is 13.2 Å². The van der Waals surface area contributed by atoms with Gasteiger partial charge in [-0.3, -0.25) is 0 Å². The molecule has 1 aromatic carbocycles. The van der Waals surface area contributed by atoms with Crippen molar-refractivity contribution in [3.8, 4) is 17.2 Å². The summed E-state index contributed by atoms with van der Waals surface area (Å²) in [6.07, 6.45) is -3.92. The molecule has 0 aliphatic heterocycles. The Morgan fingerprint density at radius 1 is 1.11 bits per heavy atom. The zero-order chi connectivity index (χ0) is 19.6. The summed E-state index contributed by atoms with van der Waals surface area (Å²) in [5.41, 5.74) is 0.207. The molecule has 9 heteroatoms. The Balaban J connectivity index is 1.76. The number of furan rings is 1. The number of rotatable bonds is 4. The number of aromatic nitrogens is 1. The van der Waals surface area contributed by atoms with Gasteiger partial charge in [0.25, 0.3) is 5.88 Å². The van der Waals surface area contributed by atoms with Gasteiger partial charge < -0.3 is 9.25 Å². The lowest BCUT2D eigenvalue weighted by Gasteiger charge is -2.07. The molecule has 0 amide bonds. The lowest BCUT2D eigenvalue weighted by Crippen LogP contribution is -2.06. The first kappa shape index (κ1) is 19.3. The molecule has 0 saturated carbocycles. The summed E-state index contributed by atoms with van der Waals surface area (Å²) in [6.45, 7) is 1.61. The standard InChI is InChI=1S/C18H11Cl2F3N2O2/c1-10(15-6-7-16(26-15)11-2-4-13(19)5-3-11)25-27-17-14(20)8-12(9-24-17)18(21,22)23/h2-9H,1H3. The minimum Gasteiger partial charge on any atom is -0.455 e. The molecular formula is C18H11Cl2F3N2O2. The van der Waals surface area contributed by atoms with E-state index in [0.29, 0.717) is 28.5 Å². The van der Waals surface area contributed by atoms with Crippen molar-refractivity contribution < 1.29 is 22.4 Å². The number of hydrogen-bond acceptors (Lipinski definition) is 4. The quantitative estimate of drug-likeness (QED) is 0.363. The van der Waals surface area contributed by atoms with Gasteiger partial charge in [-0.15, -0.1) is 0 Å². The number of pyridine rings is 1. The average Bonchev–Trinajstić information content (AvgIpc) is 3.10. The maximum absolute atomic E-state index is 12.6. The summed E-state index contributed by atoms with van der Waals surface area (Å²) in [5.74, 6) is 0.776. The minimum atomic E-state index is -4.54. The van der Waals surface area contributed by atoms with E-state index in [1.165, 1.54) is 0 Å². The van der Waals surface area contributed by atoms with Crippen molar-refractivity contribution in [3.05, 3.63) is 70.0 Å². The molecule has 2 heterocycles. The third-order valence-corrected chi connectivity index (χ3v) is 4.02. The molecule has 27 heavy (non-hydrogen) atoms. The highest BCUT2D eigenvalue weighted by atomic mass is 35.5. The molecule has 0 saturated heterocycles. The summed E-state index contributed by atoms with van der Waals surface area (Å²) >= 11 is 11.6. The molecule has 3 rings (SSSR count).